The summed E-state index contributed by atoms with van der Waals surface area (Å²) in [5.41, 5.74) is 3.41. The van der Waals surface area contributed by atoms with E-state index in [4.69, 9.17) is 11.6 Å². The van der Waals surface area contributed by atoms with E-state index in [9.17, 15) is 4.79 Å². The lowest BCUT2D eigenvalue weighted by Gasteiger charge is -2.05. The first-order valence-corrected chi connectivity index (χ1v) is 10.9. The Labute approximate surface area is 184 Å². The fraction of sp³-hybridized carbons (Fsp3) is 0.100. The molecule has 0 aliphatic rings. The van der Waals surface area contributed by atoms with Crippen LogP contribution in [-0.4, -0.2) is 31.5 Å². The van der Waals surface area contributed by atoms with Gasteiger partial charge in [-0.2, -0.15) is 9.61 Å². The molecule has 0 fully saturated rings. The lowest BCUT2D eigenvalue weighted by atomic mass is 10.1. The van der Waals surface area contributed by atoms with Crippen LogP contribution < -0.4 is 5.32 Å². The van der Waals surface area contributed by atoms with Gasteiger partial charge in [0.1, 0.15) is 0 Å². The van der Waals surface area contributed by atoms with Gasteiger partial charge in [-0.15, -0.1) is 10.2 Å². The van der Waals surface area contributed by atoms with Crippen LogP contribution in [-0.2, 0) is 11.3 Å². The number of nitrogens with one attached hydrogen (secondary N) is 1. The summed E-state index contributed by atoms with van der Waals surface area (Å²) < 4.78 is 2.67. The minimum atomic E-state index is -0.0919. The smallest absolute Gasteiger partial charge is 0.230 e. The summed E-state index contributed by atoms with van der Waals surface area (Å²) in [6.07, 6.45) is 0. The number of hydrogen-bond acceptors (Lipinski definition) is 5. The third-order valence-corrected chi connectivity index (χ3v) is 5.81. The molecule has 2 heterocycles. The van der Waals surface area contributed by atoms with Crippen LogP contribution >= 0.6 is 39.3 Å². The monoisotopic (exact) mass is 487 g/mol. The van der Waals surface area contributed by atoms with Gasteiger partial charge in [-0.25, -0.2) is 0 Å². The van der Waals surface area contributed by atoms with Gasteiger partial charge in [0.25, 0.3) is 0 Å². The van der Waals surface area contributed by atoms with Crippen LogP contribution in [0.5, 0.6) is 0 Å². The van der Waals surface area contributed by atoms with E-state index in [1.165, 1.54) is 11.8 Å². The number of aromatic nitrogens is 4. The number of hydrogen-bond donors (Lipinski definition) is 1. The molecule has 2 aromatic heterocycles. The standard InChI is InChI=1S/C20H15BrClN5OS/c21-15-5-3-14(4-6-15)17-9-10-18-24-25-20(27(18)26-17)29-12-19(28)23-11-13-1-7-16(22)8-2-13/h1-10H,11-12H2,(H,23,28). The lowest BCUT2D eigenvalue weighted by Crippen LogP contribution is -2.24. The number of halogens is 2. The van der Waals surface area contributed by atoms with E-state index in [1.54, 1.807) is 16.6 Å². The Balaban J connectivity index is 1.42. The molecule has 0 unspecified atom stereocenters. The number of rotatable bonds is 6. The molecule has 29 heavy (non-hydrogen) atoms. The highest BCUT2D eigenvalue weighted by Crippen LogP contribution is 2.22. The Bertz CT molecular complexity index is 1150. The molecule has 1 amide bonds. The Hall–Kier alpha value is -2.42. The number of carbonyl (C=O) groups is 1. The molecule has 6 nitrogen and oxygen atoms in total. The molecule has 0 aliphatic heterocycles. The van der Waals surface area contributed by atoms with Gasteiger partial charge in [0.15, 0.2) is 5.65 Å². The number of nitrogens with zero attached hydrogens (tertiary/aromatic N) is 4. The van der Waals surface area contributed by atoms with Crippen LogP contribution in [0, 0.1) is 0 Å². The average Bonchev–Trinajstić information content (AvgIpc) is 3.14. The molecule has 0 bridgehead atoms. The fourth-order valence-corrected chi connectivity index (χ4v) is 3.73. The first-order chi connectivity index (χ1) is 14.1. The fourth-order valence-electron chi connectivity index (χ4n) is 2.62. The molecule has 0 saturated heterocycles. The summed E-state index contributed by atoms with van der Waals surface area (Å²) in [6, 6.07) is 19.0. The maximum Gasteiger partial charge on any atom is 0.230 e. The van der Waals surface area contributed by atoms with Crippen molar-refractivity contribution in [3.05, 3.63) is 75.7 Å². The molecule has 0 atom stereocenters. The number of carbonyl (C=O) groups excluding carboxylic acids is 1. The molecule has 4 rings (SSSR count). The minimum absolute atomic E-state index is 0.0919. The summed E-state index contributed by atoms with van der Waals surface area (Å²) in [5.74, 6) is 0.129. The molecule has 0 radical (unpaired) electrons. The van der Waals surface area contributed by atoms with E-state index in [-0.39, 0.29) is 11.7 Å². The van der Waals surface area contributed by atoms with E-state index in [2.05, 4.69) is 36.5 Å². The third kappa shape index (κ3) is 4.95. The molecule has 9 heteroatoms. The summed E-state index contributed by atoms with van der Waals surface area (Å²) in [6.45, 7) is 0.448. The van der Waals surface area contributed by atoms with Crippen molar-refractivity contribution in [2.75, 3.05) is 5.75 Å². The van der Waals surface area contributed by atoms with Gasteiger partial charge in [-0.1, -0.05) is 63.6 Å². The van der Waals surface area contributed by atoms with Crippen molar-refractivity contribution in [3.63, 3.8) is 0 Å². The van der Waals surface area contributed by atoms with E-state index in [0.717, 1.165) is 21.3 Å². The molecule has 1 N–H and O–H groups in total. The van der Waals surface area contributed by atoms with Crippen molar-refractivity contribution < 1.29 is 4.79 Å². The van der Waals surface area contributed by atoms with Gasteiger partial charge in [0.2, 0.25) is 11.1 Å². The predicted molar refractivity (Wildman–Crippen MR) is 118 cm³/mol. The van der Waals surface area contributed by atoms with E-state index < -0.39 is 0 Å². The predicted octanol–water partition coefficient (Wildman–Crippen LogP) is 4.62. The third-order valence-electron chi connectivity index (χ3n) is 4.11. The zero-order valence-corrected chi connectivity index (χ0v) is 18.2. The van der Waals surface area contributed by atoms with Crippen LogP contribution in [0.4, 0.5) is 0 Å². The Kier molecular flexibility index (Phi) is 6.13. The maximum atomic E-state index is 12.2. The Morgan fingerprint density at radius 2 is 1.79 bits per heavy atom. The van der Waals surface area contributed by atoms with Crippen molar-refractivity contribution in [3.8, 4) is 11.3 Å². The van der Waals surface area contributed by atoms with Gasteiger partial charge in [-0.3, -0.25) is 4.79 Å². The van der Waals surface area contributed by atoms with Gasteiger partial charge in [0, 0.05) is 21.6 Å². The highest BCUT2D eigenvalue weighted by Gasteiger charge is 2.11. The minimum Gasteiger partial charge on any atom is -0.351 e. The van der Waals surface area contributed by atoms with Gasteiger partial charge < -0.3 is 5.32 Å². The maximum absolute atomic E-state index is 12.2. The first-order valence-electron chi connectivity index (χ1n) is 8.71. The number of fused-ring (bicyclic) bond motifs is 1. The average molecular weight is 489 g/mol. The molecular weight excluding hydrogens is 474 g/mol. The Morgan fingerprint density at radius 3 is 2.55 bits per heavy atom. The second kappa shape index (κ2) is 8.94. The highest BCUT2D eigenvalue weighted by molar-refractivity contribution is 9.10. The van der Waals surface area contributed by atoms with Crippen molar-refractivity contribution >= 4 is 50.8 Å². The molecule has 0 saturated carbocycles. The van der Waals surface area contributed by atoms with Crippen LogP contribution in [0.3, 0.4) is 0 Å². The van der Waals surface area contributed by atoms with Crippen molar-refractivity contribution in [1.29, 1.82) is 0 Å². The van der Waals surface area contributed by atoms with Gasteiger partial charge in [-0.05, 0) is 42.0 Å². The first kappa shape index (κ1) is 19.9. The Morgan fingerprint density at radius 1 is 1.03 bits per heavy atom. The second-order valence-corrected chi connectivity index (χ2v) is 8.46. The van der Waals surface area contributed by atoms with Crippen LogP contribution in [0.2, 0.25) is 5.02 Å². The SMILES string of the molecule is O=C(CSc1nnc2ccc(-c3ccc(Br)cc3)nn12)NCc1ccc(Cl)cc1. The molecule has 0 spiro atoms. The molecule has 146 valence electrons. The summed E-state index contributed by atoms with van der Waals surface area (Å²) >= 11 is 10.6. The molecule has 2 aromatic carbocycles. The van der Waals surface area contributed by atoms with Gasteiger partial charge in [0.05, 0.1) is 11.4 Å². The normalized spacial score (nSPS) is 11.0. The molecule has 0 aliphatic carbocycles. The quantitative estimate of drug-likeness (QED) is 0.401. The number of thioether (sulfide) groups is 1. The van der Waals surface area contributed by atoms with Crippen molar-refractivity contribution in [2.24, 2.45) is 0 Å². The van der Waals surface area contributed by atoms with Crippen molar-refractivity contribution in [2.45, 2.75) is 11.7 Å². The largest absolute Gasteiger partial charge is 0.351 e. The molecule has 4 aromatic rings. The van der Waals surface area contributed by atoms with E-state index in [1.807, 2.05) is 48.5 Å². The lowest BCUT2D eigenvalue weighted by molar-refractivity contribution is -0.118. The van der Waals surface area contributed by atoms with Crippen molar-refractivity contribution in [1.82, 2.24) is 25.1 Å². The zero-order chi connectivity index (χ0) is 20.2. The summed E-state index contributed by atoms with van der Waals surface area (Å²) in [5, 5.41) is 17.0. The van der Waals surface area contributed by atoms with E-state index >= 15 is 0 Å². The van der Waals surface area contributed by atoms with Gasteiger partial charge >= 0.3 is 0 Å². The topological polar surface area (TPSA) is 72.2 Å². The number of amides is 1. The molecular formula is C20H15BrClN5OS. The zero-order valence-electron chi connectivity index (χ0n) is 15.0. The van der Waals surface area contributed by atoms with E-state index in [0.29, 0.717) is 22.4 Å². The summed E-state index contributed by atoms with van der Waals surface area (Å²) in [7, 11) is 0. The van der Waals surface area contributed by atoms with Crippen LogP contribution in [0.1, 0.15) is 5.56 Å². The second-order valence-electron chi connectivity index (χ2n) is 6.17. The van der Waals surface area contributed by atoms with Crippen LogP contribution in [0.15, 0.2) is 70.3 Å². The highest BCUT2D eigenvalue weighted by atomic mass is 79.9. The summed E-state index contributed by atoms with van der Waals surface area (Å²) in [4.78, 5) is 12.2. The number of benzene rings is 2. The van der Waals surface area contributed by atoms with Crippen LogP contribution in [0.25, 0.3) is 16.9 Å².